The zero-order valence-corrected chi connectivity index (χ0v) is 10.9. The maximum Gasteiger partial charge on any atom is 0.0931 e. The normalized spacial score (nSPS) is 13.1. The summed E-state index contributed by atoms with van der Waals surface area (Å²) < 4.78 is 0.874. The number of thiophene rings is 1. The Bertz CT molecular complexity index is 262. The molecule has 1 aromatic heterocycles. The van der Waals surface area contributed by atoms with Crippen molar-refractivity contribution in [3.05, 3.63) is 21.3 Å². The number of nitrogens with one attached hydrogen (secondary N) is 1. The second-order valence-electron chi connectivity index (χ2n) is 3.27. The number of halogens is 1. The second kappa shape index (κ2) is 6.72. The average Bonchev–Trinajstić information content (AvgIpc) is 2.58. The maximum absolute atomic E-state index is 5.85. The molecule has 0 aliphatic heterocycles. The molecule has 0 spiro atoms. The Morgan fingerprint density at radius 3 is 2.93 bits per heavy atom. The zero-order valence-electron chi connectivity index (χ0n) is 8.55. The summed E-state index contributed by atoms with van der Waals surface area (Å²) in [7, 11) is 0. The van der Waals surface area contributed by atoms with E-state index < -0.39 is 0 Å². The standard InChI is InChI=1S/C10H16ClNS2/c1-8(5-6-13-2)12-7-9-3-4-10(11)14-9/h3-4,8,12H,5-7H2,1-2H3. The van der Waals surface area contributed by atoms with E-state index in [1.54, 1.807) is 11.3 Å². The zero-order chi connectivity index (χ0) is 10.4. The molecule has 4 heteroatoms. The van der Waals surface area contributed by atoms with Crippen LogP contribution in [0.25, 0.3) is 0 Å². The lowest BCUT2D eigenvalue weighted by Crippen LogP contribution is -2.25. The second-order valence-corrected chi connectivity index (χ2v) is 6.05. The third-order valence-corrected chi connectivity index (χ3v) is 3.88. The van der Waals surface area contributed by atoms with Gasteiger partial charge in [0.2, 0.25) is 0 Å². The minimum Gasteiger partial charge on any atom is -0.309 e. The first-order chi connectivity index (χ1) is 6.72. The third-order valence-electron chi connectivity index (χ3n) is 2.01. The van der Waals surface area contributed by atoms with Gasteiger partial charge in [-0.25, -0.2) is 0 Å². The molecule has 1 rings (SSSR count). The fraction of sp³-hybridized carbons (Fsp3) is 0.600. The molecule has 1 unspecified atom stereocenters. The first-order valence-corrected chi connectivity index (χ1v) is 7.27. The molecule has 1 N–H and O–H groups in total. The van der Waals surface area contributed by atoms with Crippen molar-refractivity contribution >= 4 is 34.7 Å². The van der Waals surface area contributed by atoms with E-state index in [2.05, 4.69) is 24.6 Å². The van der Waals surface area contributed by atoms with Gasteiger partial charge in [-0.05, 0) is 37.5 Å². The van der Waals surface area contributed by atoms with Crippen LogP contribution in [0.4, 0.5) is 0 Å². The lowest BCUT2D eigenvalue weighted by atomic mass is 10.2. The first-order valence-electron chi connectivity index (χ1n) is 4.69. The summed E-state index contributed by atoms with van der Waals surface area (Å²) in [5.41, 5.74) is 0. The average molecular weight is 250 g/mol. The lowest BCUT2D eigenvalue weighted by molar-refractivity contribution is 0.541. The van der Waals surface area contributed by atoms with E-state index in [1.165, 1.54) is 17.1 Å². The van der Waals surface area contributed by atoms with Crippen LogP contribution in [0.1, 0.15) is 18.2 Å². The van der Waals surface area contributed by atoms with E-state index in [-0.39, 0.29) is 0 Å². The molecule has 0 radical (unpaired) electrons. The van der Waals surface area contributed by atoms with Crippen LogP contribution in [0, 0.1) is 0 Å². The van der Waals surface area contributed by atoms with Gasteiger partial charge in [0.25, 0.3) is 0 Å². The Morgan fingerprint density at radius 2 is 2.36 bits per heavy atom. The third kappa shape index (κ3) is 4.69. The molecule has 0 amide bonds. The van der Waals surface area contributed by atoms with Crippen LogP contribution in [0.15, 0.2) is 12.1 Å². The van der Waals surface area contributed by atoms with Crippen molar-refractivity contribution < 1.29 is 0 Å². The largest absolute Gasteiger partial charge is 0.309 e. The Hall–Kier alpha value is 0.300. The van der Waals surface area contributed by atoms with Crippen molar-refractivity contribution in [1.29, 1.82) is 0 Å². The predicted octanol–water partition coefficient (Wildman–Crippen LogP) is 3.63. The van der Waals surface area contributed by atoms with Crippen LogP contribution in [-0.2, 0) is 6.54 Å². The van der Waals surface area contributed by atoms with E-state index >= 15 is 0 Å². The highest BCUT2D eigenvalue weighted by molar-refractivity contribution is 7.98. The summed E-state index contributed by atoms with van der Waals surface area (Å²) in [6.45, 7) is 3.17. The highest BCUT2D eigenvalue weighted by Gasteiger charge is 2.02. The van der Waals surface area contributed by atoms with Crippen molar-refractivity contribution in [2.75, 3.05) is 12.0 Å². The number of hydrogen-bond donors (Lipinski definition) is 1. The topological polar surface area (TPSA) is 12.0 Å². The summed E-state index contributed by atoms with van der Waals surface area (Å²) in [6.07, 6.45) is 3.37. The smallest absolute Gasteiger partial charge is 0.0931 e. The molecule has 1 heterocycles. The van der Waals surface area contributed by atoms with E-state index in [1.807, 2.05) is 17.8 Å². The van der Waals surface area contributed by atoms with Gasteiger partial charge in [-0.2, -0.15) is 11.8 Å². The van der Waals surface area contributed by atoms with Crippen LogP contribution < -0.4 is 5.32 Å². The summed E-state index contributed by atoms with van der Waals surface area (Å²) >= 11 is 9.40. The van der Waals surface area contributed by atoms with Gasteiger partial charge in [-0.1, -0.05) is 11.6 Å². The lowest BCUT2D eigenvalue weighted by Gasteiger charge is -2.11. The number of hydrogen-bond acceptors (Lipinski definition) is 3. The highest BCUT2D eigenvalue weighted by atomic mass is 35.5. The molecule has 1 aromatic rings. The van der Waals surface area contributed by atoms with Gasteiger partial charge in [0.05, 0.1) is 4.34 Å². The van der Waals surface area contributed by atoms with Crippen LogP contribution in [0.3, 0.4) is 0 Å². The molecule has 1 nitrogen and oxygen atoms in total. The van der Waals surface area contributed by atoms with E-state index in [0.29, 0.717) is 6.04 Å². The molecular weight excluding hydrogens is 234 g/mol. The van der Waals surface area contributed by atoms with E-state index in [0.717, 1.165) is 10.9 Å². The molecule has 14 heavy (non-hydrogen) atoms. The monoisotopic (exact) mass is 249 g/mol. The van der Waals surface area contributed by atoms with E-state index in [4.69, 9.17) is 11.6 Å². The van der Waals surface area contributed by atoms with Crippen molar-refractivity contribution in [2.24, 2.45) is 0 Å². The van der Waals surface area contributed by atoms with Crippen molar-refractivity contribution in [3.63, 3.8) is 0 Å². The fourth-order valence-electron chi connectivity index (χ4n) is 1.12. The summed E-state index contributed by atoms with van der Waals surface area (Å²) in [5.74, 6) is 1.22. The molecule has 0 aromatic carbocycles. The first kappa shape index (κ1) is 12.4. The summed E-state index contributed by atoms with van der Waals surface area (Å²) in [6, 6.07) is 4.63. The Kier molecular flexibility index (Phi) is 5.94. The molecule has 80 valence electrons. The fourth-order valence-corrected chi connectivity index (χ4v) is 2.75. The van der Waals surface area contributed by atoms with Gasteiger partial charge in [0.1, 0.15) is 0 Å². The SMILES string of the molecule is CSCCC(C)NCc1ccc(Cl)s1. The van der Waals surface area contributed by atoms with E-state index in [9.17, 15) is 0 Å². The minimum absolute atomic E-state index is 0.586. The van der Waals surface area contributed by atoms with Crippen LogP contribution in [0.5, 0.6) is 0 Å². The molecule has 0 aliphatic rings. The van der Waals surface area contributed by atoms with Crippen LogP contribution in [-0.4, -0.2) is 18.1 Å². The summed E-state index contributed by atoms with van der Waals surface area (Å²) in [4.78, 5) is 1.31. The highest BCUT2D eigenvalue weighted by Crippen LogP contribution is 2.21. The predicted molar refractivity (Wildman–Crippen MR) is 68.6 cm³/mol. The molecule has 1 atom stereocenters. The van der Waals surface area contributed by atoms with Gasteiger partial charge in [-0.15, -0.1) is 11.3 Å². The number of thioether (sulfide) groups is 1. The molecule has 0 fully saturated rings. The van der Waals surface area contributed by atoms with Crippen molar-refractivity contribution in [3.8, 4) is 0 Å². The van der Waals surface area contributed by atoms with Gasteiger partial charge < -0.3 is 5.32 Å². The molecule has 0 saturated heterocycles. The Labute approximate surface area is 99.2 Å². The van der Waals surface area contributed by atoms with Crippen molar-refractivity contribution in [2.45, 2.75) is 25.9 Å². The summed E-state index contributed by atoms with van der Waals surface area (Å²) in [5, 5.41) is 3.49. The van der Waals surface area contributed by atoms with Crippen LogP contribution in [0.2, 0.25) is 4.34 Å². The number of rotatable bonds is 6. The van der Waals surface area contributed by atoms with Crippen molar-refractivity contribution in [1.82, 2.24) is 5.32 Å². The van der Waals surface area contributed by atoms with Crippen LogP contribution >= 0.6 is 34.7 Å². The van der Waals surface area contributed by atoms with Gasteiger partial charge in [0, 0.05) is 17.5 Å². The molecule has 0 bridgehead atoms. The maximum atomic E-state index is 5.85. The Morgan fingerprint density at radius 1 is 1.57 bits per heavy atom. The minimum atomic E-state index is 0.586. The molecule has 0 aliphatic carbocycles. The molecule has 0 saturated carbocycles. The molecular formula is C10H16ClNS2. The van der Waals surface area contributed by atoms with Gasteiger partial charge in [-0.3, -0.25) is 0 Å². The Balaban J connectivity index is 2.20. The van der Waals surface area contributed by atoms with Gasteiger partial charge >= 0.3 is 0 Å². The van der Waals surface area contributed by atoms with Gasteiger partial charge in [0.15, 0.2) is 0 Å². The quantitative estimate of drug-likeness (QED) is 0.826.